The number of non-ortho nitro benzene ring substituents is 1. The van der Waals surface area contributed by atoms with Crippen molar-refractivity contribution in [3.8, 4) is 0 Å². The summed E-state index contributed by atoms with van der Waals surface area (Å²) in [6.45, 7) is 6.51. The van der Waals surface area contributed by atoms with Gasteiger partial charge in [-0.05, 0) is 46.4 Å². The summed E-state index contributed by atoms with van der Waals surface area (Å²) in [5.41, 5.74) is 2.84. The topological polar surface area (TPSA) is 118 Å². The van der Waals surface area contributed by atoms with Gasteiger partial charge in [-0.3, -0.25) is 14.9 Å². The molecule has 0 aliphatic carbocycles. The molecule has 34 heavy (non-hydrogen) atoms. The van der Waals surface area contributed by atoms with Gasteiger partial charge in [-0.25, -0.2) is 13.1 Å². The lowest BCUT2D eigenvalue weighted by molar-refractivity contribution is -0.384. The Balaban J connectivity index is 1.55. The number of amides is 1. The summed E-state index contributed by atoms with van der Waals surface area (Å²) in [7, 11) is -3.67. The molecule has 0 saturated carbocycles. The number of nitrogens with zero attached hydrogens (tertiary/aromatic N) is 1. The summed E-state index contributed by atoms with van der Waals surface area (Å²) < 4.78 is 27.8. The summed E-state index contributed by atoms with van der Waals surface area (Å²) in [6.07, 6.45) is 0. The van der Waals surface area contributed by atoms with Gasteiger partial charge in [-0.15, -0.1) is 0 Å². The number of carbonyl (C=O) groups is 1. The molecule has 0 aliphatic heterocycles. The molecule has 0 spiro atoms. The Hall–Kier alpha value is -3.56. The first kappa shape index (κ1) is 25.1. The van der Waals surface area contributed by atoms with Gasteiger partial charge in [0.2, 0.25) is 10.0 Å². The summed E-state index contributed by atoms with van der Waals surface area (Å²) in [4.78, 5) is 22.8. The van der Waals surface area contributed by atoms with Crippen LogP contribution in [0, 0.1) is 10.1 Å². The van der Waals surface area contributed by atoms with E-state index in [0.717, 1.165) is 11.1 Å². The Morgan fingerprint density at radius 1 is 0.853 bits per heavy atom. The molecule has 0 bridgehead atoms. The summed E-state index contributed by atoms with van der Waals surface area (Å²) >= 11 is 0. The van der Waals surface area contributed by atoms with E-state index in [-0.39, 0.29) is 35.0 Å². The molecule has 3 aromatic carbocycles. The number of benzene rings is 3. The predicted octanol–water partition coefficient (Wildman–Crippen LogP) is 4.30. The molecule has 0 heterocycles. The van der Waals surface area contributed by atoms with Crippen molar-refractivity contribution in [3.05, 3.63) is 105 Å². The Morgan fingerprint density at radius 3 is 1.91 bits per heavy atom. The standard InChI is InChI=1S/C25H27N3O5S/c1-25(2,3)21-10-14-23(15-11-21)34(32,33)27-17-19-4-8-20(9-5-19)24(29)26-16-18-6-12-22(13-7-18)28(30)31/h4-15,27H,16-17H2,1-3H3,(H,26,29). The van der Waals surface area contributed by atoms with Crippen LogP contribution in [0.4, 0.5) is 5.69 Å². The van der Waals surface area contributed by atoms with Crippen molar-refractivity contribution in [2.75, 3.05) is 0 Å². The van der Waals surface area contributed by atoms with Crippen LogP contribution in [0.15, 0.2) is 77.7 Å². The molecule has 0 aromatic heterocycles. The highest BCUT2D eigenvalue weighted by Crippen LogP contribution is 2.23. The minimum Gasteiger partial charge on any atom is -0.348 e. The molecule has 0 radical (unpaired) electrons. The SMILES string of the molecule is CC(C)(C)c1ccc(S(=O)(=O)NCc2ccc(C(=O)NCc3ccc([N+](=O)[O-])cc3)cc2)cc1. The van der Waals surface area contributed by atoms with E-state index in [1.807, 2.05) is 12.1 Å². The molecule has 178 valence electrons. The third-order valence-electron chi connectivity index (χ3n) is 5.31. The molecular formula is C25H27N3O5S. The molecule has 0 unspecified atom stereocenters. The molecule has 0 fully saturated rings. The van der Waals surface area contributed by atoms with Crippen LogP contribution < -0.4 is 10.0 Å². The lowest BCUT2D eigenvalue weighted by atomic mass is 9.87. The van der Waals surface area contributed by atoms with E-state index in [2.05, 4.69) is 30.8 Å². The van der Waals surface area contributed by atoms with Crippen LogP contribution in [0.5, 0.6) is 0 Å². The molecule has 3 aromatic rings. The fourth-order valence-corrected chi connectivity index (χ4v) is 4.21. The van der Waals surface area contributed by atoms with Crippen LogP contribution in [0.1, 0.15) is 47.8 Å². The number of hydrogen-bond donors (Lipinski definition) is 2. The average molecular weight is 482 g/mol. The highest BCUT2D eigenvalue weighted by Gasteiger charge is 2.17. The van der Waals surface area contributed by atoms with Crippen LogP contribution in [0.25, 0.3) is 0 Å². The van der Waals surface area contributed by atoms with Crippen LogP contribution in [-0.4, -0.2) is 19.2 Å². The van der Waals surface area contributed by atoms with E-state index >= 15 is 0 Å². The number of sulfonamides is 1. The first-order chi connectivity index (χ1) is 16.0. The van der Waals surface area contributed by atoms with Crippen LogP contribution in [-0.2, 0) is 28.5 Å². The van der Waals surface area contributed by atoms with Gasteiger partial charge in [-0.2, -0.15) is 0 Å². The Labute approximate surface area is 199 Å². The van der Waals surface area contributed by atoms with Crippen LogP contribution in [0.2, 0.25) is 0 Å². The maximum atomic E-state index is 12.6. The summed E-state index contributed by atoms with van der Waals surface area (Å²) in [6, 6.07) is 19.4. The number of nitro groups is 1. The Bertz CT molecular complexity index is 1260. The maximum absolute atomic E-state index is 12.6. The molecule has 3 rings (SSSR count). The predicted molar refractivity (Wildman–Crippen MR) is 130 cm³/mol. The van der Waals surface area contributed by atoms with E-state index < -0.39 is 14.9 Å². The number of carbonyl (C=O) groups excluding carboxylic acids is 1. The highest BCUT2D eigenvalue weighted by atomic mass is 32.2. The zero-order valence-corrected chi connectivity index (χ0v) is 20.1. The van der Waals surface area contributed by atoms with Gasteiger partial charge in [0.05, 0.1) is 9.82 Å². The molecule has 1 amide bonds. The van der Waals surface area contributed by atoms with Gasteiger partial charge in [-0.1, -0.05) is 57.2 Å². The average Bonchev–Trinajstić information content (AvgIpc) is 2.81. The normalized spacial score (nSPS) is 11.7. The monoisotopic (exact) mass is 481 g/mol. The molecule has 0 aliphatic rings. The van der Waals surface area contributed by atoms with Crippen molar-refractivity contribution in [1.82, 2.24) is 10.0 Å². The van der Waals surface area contributed by atoms with E-state index in [4.69, 9.17) is 0 Å². The third kappa shape index (κ3) is 6.49. The summed E-state index contributed by atoms with van der Waals surface area (Å²) in [5.74, 6) is -0.301. The zero-order valence-electron chi connectivity index (χ0n) is 19.2. The Kier molecular flexibility index (Phi) is 7.48. The number of nitrogens with one attached hydrogen (secondary N) is 2. The quantitative estimate of drug-likeness (QED) is 0.367. The van der Waals surface area contributed by atoms with Crippen molar-refractivity contribution in [2.24, 2.45) is 0 Å². The second-order valence-corrected chi connectivity index (χ2v) is 10.7. The van der Waals surface area contributed by atoms with Gasteiger partial charge in [0.25, 0.3) is 11.6 Å². The van der Waals surface area contributed by atoms with Crippen molar-refractivity contribution in [1.29, 1.82) is 0 Å². The van der Waals surface area contributed by atoms with Gasteiger partial charge in [0.15, 0.2) is 0 Å². The largest absolute Gasteiger partial charge is 0.348 e. The van der Waals surface area contributed by atoms with Crippen molar-refractivity contribution in [2.45, 2.75) is 44.2 Å². The fraction of sp³-hybridized carbons (Fsp3) is 0.240. The second kappa shape index (κ2) is 10.1. The molecule has 0 atom stereocenters. The van der Waals surface area contributed by atoms with Crippen LogP contribution >= 0.6 is 0 Å². The second-order valence-electron chi connectivity index (χ2n) is 8.90. The fourth-order valence-electron chi connectivity index (χ4n) is 3.19. The van der Waals surface area contributed by atoms with Gasteiger partial charge in [0, 0.05) is 30.8 Å². The molecule has 9 heteroatoms. The first-order valence-electron chi connectivity index (χ1n) is 10.7. The van der Waals surface area contributed by atoms with E-state index in [1.165, 1.54) is 12.1 Å². The molecule has 0 saturated heterocycles. The number of rotatable bonds is 8. The minimum absolute atomic E-state index is 0.0109. The smallest absolute Gasteiger partial charge is 0.269 e. The van der Waals surface area contributed by atoms with Crippen molar-refractivity contribution in [3.63, 3.8) is 0 Å². The Morgan fingerprint density at radius 2 is 1.38 bits per heavy atom. The van der Waals surface area contributed by atoms with Crippen molar-refractivity contribution >= 4 is 21.6 Å². The van der Waals surface area contributed by atoms with E-state index in [1.54, 1.807) is 48.5 Å². The first-order valence-corrected chi connectivity index (χ1v) is 12.1. The van der Waals surface area contributed by atoms with Gasteiger partial charge < -0.3 is 5.32 Å². The third-order valence-corrected chi connectivity index (χ3v) is 6.73. The van der Waals surface area contributed by atoms with Gasteiger partial charge in [0.1, 0.15) is 0 Å². The van der Waals surface area contributed by atoms with E-state index in [0.29, 0.717) is 11.1 Å². The number of hydrogen-bond acceptors (Lipinski definition) is 5. The maximum Gasteiger partial charge on any atom is 0.269 e. The lowest BCUT2D eigenvalue weighted by Crippen LogP contribution is -2.24. The molecular weight excluding hydrogens is 454 g/mol. The van der Waals surface area contributed by atoms with Gasteiger partial charge >= 0.3 is 0 Å². The zero-order chi connectivity index (χ0) is 24.9. The van der Waals surface area contributed by atoms with E-state index in [9.17, 15) is 23.3 Å². The molecule has 2 N–H and O–H groups in total. The minimum atomic E-state index is -3.67. The summed E-state index contributed by atoms with van der Waals surface area (Å²) in [5, 5.41) is 13.5. The molecule has 8 nitrogen and oxygen atoms in total. The lowest BCUT2D eigenvalue weighted by Gasteiger charge is -2.19. The number of nitro benzene ring substituents is 1. The highest BCUT2D eigenvalue weighted by molar-refractivity contribution is 7.89. The van der Waals surface area contributed by atoms with Crippen LogP contribution in [0.3, 0.4) is 0 Å². The van der Waals surface area contributed by atoms with Crippen molar-refractivity contribution < 1.29 is 18.1 Å².